The van der Waals surface area contributed by atoms with Gasteiger partial charge in [-0.1, -0.05) is 24.3 Å². The zero-order valence-corrected chi connectivity index (χ0v) is 13.4. The van der Waals surface area contributed by atoms with Crippen LogP contribution in [0.25, 0.3) is 0 Å². The largest absolute Gasteiger partial charge is 0.475 e. The first-order valence-corrected chi connectivity index (χ1v) is 8.83. The summed E-state index contributed by atoms with van der Waals surface area (Å²) < 4.78 is 28.1. The first-order valence-electron chi connectivity index (χ1n) is 7.37. The molecule has 2 aliphatic rings. The summed E-state index contributed by atoms with van der Waals surface area (Å²) in [6.45, 7) is -0.139. The maximum atomic E-state index is 12.7. The molecule has 134 valence electrons. The minimum atomic E-state index is -4.18. The van der Waals surface area contributed by atoms with Crippen molar-refractivity contribution in [3.05, 3.63) is 35.4 Å². The van der Waals surface area contributed by atoms with Gasteiger partial charge in [-0.15, -0.1) is 0 Å². The highest BCUT2D eigenvalue weighted by Crippen LogP contribution is 2.54. The summed E-state index contributed by atoms with van der Waals surface area (Å²) in [7, 11) is -4.18. The Morgan fingerprint density at radius 2 is 1.25 bits per heavy atom. The van der Waals surface area contributed by atoms with Crippen LogP contribution < -0.4 is 0 Å². The molecular formula is C14H19O9P. The van der Waals surface area contributed by atoms with E-state index in [9.17, 15) is 30.1 Å². The van der Waals surface area contributed by atoms with Crippen molar-refractivity contribution in [3.63, 3.8) is 0 Å². The van der Waals surface area contributed by atoms with Gasteiger partial charge in [0.2, 0.25) is 0 Å². The lowest BCUT2D eigenvalue weighted by Gasteiger charge is -2.41. The van der Waals surface area contributed by atoms with E-state index < -0.39 is 44.4 Å². The standard InChI is InChI=1S/C14H19O9P/c15-9-10(16)12(18)14(13(19)11(9)17)23-24(20)21-5-7-3-1-2-4-8(7)6-22-24/h1-4,9-19H,5-6H2/t9?,10-,11+,12-,13-,14?/m0/s1. The van der Waals surface area contributed by atoms with Crippen LogP contribution in [0.3, 0.4) is 0 Å². The minimum Gasteiger partial charge on any atom is -0.387 e. The quantitative estimate of drug-likeness (QED) is 0.420. The minimum absolute atomic E-state index is 0.0694. The molecule has 1 aromatic rings. The second-order valence-corrected chi connectivity index (χ2v) is 7.41. The van der Waals surface area contributed by atoms with Crippen molar-refractivity contribution in [2.24, 2.45) is 0 Å². The van der Waals surface area contributed by atoms with E-state index >= 15 is 0 Å². The van der Waals surface area contributed by atoms with Crippen molar-refractivity contribution in [3.8, 4) is 0 Å². The van der Waals surface area contributed by atoms with Crippen LogP contribution in [0.15, 0.2) is 24.3 Å². The first kappa shape index (κ1) is 17.9. The highest BCUT2D eigenvalue weighted by Gasteiger charge is 2.52. The molecule has 1 aromatic carbocycles. The molecule has 1 aliphatic carbocycles. The molecule has 3 rings (SSSR count). The third-order valence-corrected chi connectivity index (χ3v) is 5.59. The zero-order chi connectivity index (χ0) is 17.5. The van der Waals surface area contributed by atoms with Gasteiger partial charge in [0.15, 0.2) is 0 Å². The zero-order valence-electron chi connectivity index (χ0n) is 12.5. The Labute approximate surface area is 137 Å². The number of aliphatic hydroxyl groups excluding tert-OH is 5. The molecule has 2 unspecified atom stereocenters. The van der Waals surface area contributed by atoms with E-state index in [4.69, 9.17) is 13.6 Å². The van der Waals surface area contributed by atoms with Crippen molar-refractivity contribution in [2.45, 2.75) is 49.8 Å². The van der Waals surface area contributed by atoms with Crippen molar-refractivity contribution in [1.29, 1.82) is 0 Å². The summed E-state index contributed by atoms with van der Waals surface area (Å²) in [5.74, 6) is 0. The van der Waals surface area contributed by atoms with Crippen LogP contribution in [-0.4, -0.2) is 62.2 Å². The highest BCUT2D eigenvalue weighted by atomic mass is 31.2. The molecule has 0 saturated heterocycles. The molecule has 6 atom stereocenters. The van der Waals surface area contributed by atoms with E-state index in [1.54, 1.807) is 24.3 Å². The number of rotatable bonds is 2. The molecule has 10 heteroatoms. The Balaban J connectivity index is 1.76. The van der Waals surface area contributed by atoms with Gasteiger partial charge in [0.1, 0.15) is 36.6 Å². The average molecular weight is 362 g/mol. The average Bonchev–Trinajstić information content (AvgIpc) is 2.75. The third-order valence-electron chi connectivity index (χ3n) is 4.20. The molecule has 9 nitrogen and oxygen atoms in total. The molecule has 1 aliphatic heterocycles. The fraction of sp³-hybridized carbons (Fsp3) is 0.571. The summed E-state index contributed by atoms with van der Waals surface area (Å²) in [4.78, 5) is 0. The van der Waals surface area contributed by atoms with Crippen LogP contribution in [0.2, 0.25) is 0 Å². The molecule has 1 saturated carbocycles. The lowest BCUT2D eigenvalue weighted by Crippen LogP contribution is -2.64. The Morgan fingerprint density at radius 3 is 1.71 bits per heavy atom. The van der Waals surface area contributed by atoms with Crippen LogP contribution in [0.4, 0.5) is 0 Å². The summed E-state index contributed by atoms with van der Waals surface area (Å²) in [5.41, 5.74) is 1.50. The Morgan fingerprint density at radius 1 is 0.833 bits per heavy atom. The van der Waals surface area contributed by atoms with Gasteiger partial charge in [-0.25, -0.2) is 4.57 Å². The predicted molar refractivity (Wildman–Crippen MR) is 78.5 cm³/mol. The molecule has 1 fully saturated rings. The number of fused-ring (bicyclic) bond motifs is 1. The van der Waals surface area contributed by atoms with Gasteiger partial charge in [0.25, 0.3) is 0 Å². The van der Waals surface area contributed by atoms with Gasteiger partial charge < -0.3 is 25.5 Å². The monoisotopic (exact) mass is 362 g/mol. The van der Waals surface area contributed by atoms with Gasteiger partial charge in [0, 0.05) is 0 Å². The molecular weight excluding hydrogens is 343 g/mol. The molecule has 1 heterocycles. The maximum absolute atomic E-state index is 12.7. The second kappa shape index (κ2) is 6.80. The van der Waals surface area contributed by atoms with Crippen molar-refractivity contribution in [2.75, 3.05) is 0 Å². The van der Waals surface area contributed by atoms with Crippen molar-refractivity contribution < 1.29 is 43.7 Å². The fourth-order valence-corrected chi connectivity index (χ4v) is 4.04. The summed E-state index contributed by atoms with van der Waals surface area (Å²) in [6, 6.07) is 7.09. The van der Waals surface area contributed by atoms with Gasteiger partial charge in [-0.2, -0.15) is 0 Å². The fourth-order valence-electron chi connectivity index (χ4n) is 2.70. The van der Waals surface area contributed by atoms with Gasteiger partial charge >= 0.3 is 7.82 Å². The predicted octanol–water partition coefficient (Wildman–Crippen LogP) is -0.955. The number of hydrogen-bond donors (Lipinski definition) is 5. The van der Waals surface area contributed by atoms with Gasteiger partial charge in [-0.3, -0.25) is 13.6 Å². The summed E-state index contributed by atoms with van der Waals surface area (Å²) in [5, 5.41) is 48.8. The summed E-state index contributed by atoms with van der Waals surface area (Å²) >= 11 is 0. The third kappa shape index (κ3) is 3.28. The Bertz CT molecular complexity index is 591. The van der Waals surface area contributed by atoms with Crippen LogP contribution in [0.5, 0.6) is 0 Å². The Kier molecular flexibility index (Phi) is 5.08. The number of phosphoric ester groups is 1. The van der Waals surface area contributed by atoms with Crippen molar-refractivity contribution >= 4 is 7.82 Å². The number of phosphoric acid groups is 1. The molecule has 0 aromatic heterocycles. The smallest absolute Gasteiger partial charge is 0.387 e. The van der Waals surface area contributed by atoms with Crippen LogP contribution in [0.1, 0.15) is 11.1 Å². The van der Waals surface area contributed by atoms with Crippen molar-refractivity contribution in [1.82, 2.24) is 0 Å². The normalized spacial score (nSPS) is 39.0. The van der Waals surface area contributed by atoms with Crippen LogP contribution in [-0.2, 0) is 31.4 Å². The van der Waals surface area contributed by atoms with E-state index in [1.807, 2.05) is 0 Å². The number of benzene rings is 1. The molecule has 0 spiro atoms. The summed E-state index contributed by atoms with van der Waals surface area (Å²) in [6.07, 6.45) is -10.6. The van der Waals surface area contributed by atoms with E-state index in [0.29, 0.717) is 0 Å². The van der Waals surface area contributed by atoms with E-state index in [1.165, 1.54) is 0 Å². The second-order valence-electron chi connectivity index (χ2n) is 5.79. The van der Waals surface area contributed by atoms with Gasteiger partial charge in [-0.05, 0) is 11.1 Å². The topological polar surface area (TPSA) is 146 Å². The lowest BCUT2D eigenvalue weighted by atomic mass is 9.85. The molecule has 24 heavy (non-hydrogen) atoms. The van der Waals surface area contributed by atoms with Crippen LogP contribution >= 0.6 is 7.82 Å². The number of hydrogen-bond acceptors (Lipinski definition) is 9. The molecule has 0 amide bonds. The van der Waals surface area contributed by atoms with E-state index in [2.05, 4.69) is 0 Å². The van der Waals surface area contributed by atoms with E-state index in [0.717, 1.165) is 11.1 Å². The number of aliphatic hydroxyl groups is 5. The molecule has 0 radical (unpaired) electrons. The maximum Gasteiger partial charge on any atom is 0.475 e. The first-order chi connectivity index (χ1) is 11.3. The Hall–Kier alpha value is -0.870. The highest BCUT2D eigenvalue weighted by molar-refractivity contribution is 7.48. The molecule has 5 N–H and O–H groups in total. The lowest BCUT2D eigenvalue weighted by molar-refractivity contribution is -0.220. The van der Waals surface area contributed by atoms with Gasteiger partial charge in [0.05, 0.1) is 13.2 Å². The SMILES string of the molecule is O=P1(OC2[C@@H](O)[C@H](O)C(O)[C@H](O)[C@@H]2O)OCc2ccccc2CO1. The van der Waals surface area contributed by atoms with Crippen LogP contribution in [0, 0.1) is 0 Å². The molecule has 0 bridgehead atoms. The van der Waals surface area contributed by atoms with E-state index in [-0.39, 0.29) is 13.2 Å².